The molecule has 0 unspecified atom stereocenters. The quantitative estimate of drug-likeness (QED) is 0.528. The van der Waals surface area contributed by atoms with E-state index < -0.39 is 0 Å². The smallest absolute Gasteiger partial charge is 0.180 e. The van der Waals surface area contributed by atoms with E-state index in [-0.39, 0.29) is 0 Å². The van der Waals surface area contributed by atoms with Gasteiger partial charge in [-0.3, -0.25) is 9.55 Å². The highest BCUT2D eigenvalue weighted by atomic mass is 15.1. The predicted octanol–water partition coefficient (Wildman–Crippen LogP) is 2.67. The zero-order valence-corrected chi connectivity index (χ0v) is 10.9. The molecule has 5 nitrogen and oxygen atoms in total. The Morgan fingerprint density at radius 2 is 1.70 bits per heavy atom. The second-order valence-electron chi connectivity index (χ2n) is 4.55. The van der Waals surface area contributed by atoms with Crippen LogP contribution in [0.1, 0.15) is 5.82 Å². The molecule has 5 heteroatoms. The number of hydrogen-bond acceptors (Lipinski definition) is 4. The zero-order valence-electron chi connectivity index (χ0n) is 10.9. The molecule has 0 spiro atoms. The van der Waals surface area contributed by atoms with E-state index in [2.05, 4.69) is 19.9 Å². The molecular formula is C15H11N5. The van der Waals surface area contributed by atoms with Crippen molar-refractivity contribution in [1.82, 2.24) is 24.5 Å². The number of aromatic nitrogens is 5. The minimum Gasteiger partial charge on any atom is -0.280 e. The van der Waals surface area contributed by atoms with E-state index in [4.69, 9.17) is 0 Å². The van der Waals surface area contributed by atoms with Crippen LogP contribution in [0.5, 0.6) is 0 Å². The van der Waals surface area contributed by atoms with Crippen molar-refractivity contribution in [3.05, 3.63) is 54.6 Å². The Morgan fingerprint density at radius 3 is 2.65 bits per heavy atom. The molecule has 20 heavy (non-hydrogen) atoms. The predicted molar refractivity (Wildman–Crippen MR) is 76.7 cm³/mol. The fraction of sp³-hybridized carbons (Fsp3) is 0.0667. The fourth-order valence-electron chi connectivity index (χ4n) is 2.40. The first-order valence-corrected chi connectivity index (χ1v) is 6.35. The molecule has 0 N–H and O–H groups in total. The highest BCUT2D eigenvalue weighted by Crippen LogP contribution is 2.20. The molecule has 4 rings (SSSR count). The number of para-hydroxylation sites is 2. The number of fused-ring (bicyclic) bond motifs is 2. The third kappa shape index (κ3) is 1.56. The summed E-state index contributed by atoms with van der Waals surface area (Å²) in [6, 6.07) is 11.9. The summed E-state index contributed by atoms with van der Waals surface area (Å²) < 4.78 is 2.03. The van der Waals surface area contributed by atoms with Gasteiger partial charge in [0.15, 0.2) is 5.65 Å². The van der Waals surface area contributed by atoms with Crippen molar-refractivity contribution in [3.8, 4) is 5.82 Å². The van der Waals surface area contributed by atoms with E-state index in [1.807, 2.05) is 47.9 Å². The lowest BCUT2D eigenvalue weighted by atomic mass is 10.3. The van der Waals surface area contributed by atoms with Crippen molar-refractivity contribution in [2.24, 2.45) is 0 Å². The summed E-state index contributed by atoms with van der Waals surface area (Å²) >= 11 is 0. The van der Waals surface area contributed by atoms with Gasteiger partial charge in [-0.2, -0.15) is 0 Å². The Labute approximate surface area is 115 Å². The Bertz CT molecular complexity index is 926. The number of pyridine rings is 1. The topological polar surface area (TPSA) is 56.5 Å². The van der Waals surface area contributed by atoms with Gasteiger partial charge in [0.05, 0.1) is 11.0 Å². The van der Waals surface area contributed by atoms with Crippen LogP contribution in [-0.2, 0) is 0 Å². The van der Waals surface area contributed by atoms with E-state index in [1.54, 1.807) is 12.4 Å². The van der Waals surface area contributed by atoms with Crippen molar-refractivity contribution in [1.29, 1.82) is 0 Å². The summed E-state index contributed by atoms with van der Waals surface area (Å²) in [7, 11) is 0. The van der Waals surface area contributed by atoms with Gasteiger partial charge in [-0.25, -0.2) is 15.0 Å². The average molecular weight is 261 g/mol. The summed E-state index contributed by atoms with van der Waals surface area (Å²) in [5.41, 5.74) is 3.44. The molecule has 1 aromatic carbocycles. The van der Waals surface area contributed by atoms with Crippen LogP contribution in [0.15, 0.2) is 48.8 Å². The number of benzene rings is 1. The molecule has 0 aliphatic rings. The van der Waals surface area contributed by atoms with E-state index in [0.717, 1.165) is 28.2 Å². The van der Waals surface area contributed by atoms with E-state index in [9.17, 15) is 0 Å². The van der Waals surface area contributed by atoms with Gasteiger partial charge in [0.25, 0.3) is 0 Å². The molecule has 0 saturated heterocycles. The summed E-state index contributed by atoms with van der Waals surface area (Å²) in [6.45, 7) is 1.97. The van der Waals surface area contributed by atoms with Crippen LogP contribution in [0.2, 0.25) is 0 Å². The molecule has 0 aliphatic carbocycles. The lowest BCUT2D eigenvalue weighted by molar-refractivity contribution is 0.960. The van der Waals surface area contributed by atoms with Crippen LogP contribution in [0.3, 0.4) is 0 Å². The second-order valence-corrected chi connectivity index (χ2v) is 4.55. The van der Waals surface area contributed by atoms with Crippen LogP contribution in [0.25, 0.3) is 28.0 Å². The summed E-state index contributed by atoms with van der Waals surface area (Å²) in [5.74, 6) is 1.71. The number of aryl methyl sites for hydroxylation is 1. The zero-order chi connectivity index (χ0) is 13.5. The monoisotopic (exact) mass is 261 g/mol. The Kier molecular flexibility index (Phi) is 2.26. The van der Waals surface area contributed by atoms with Gasteiger partial charge in [-0.1, -0.05) is 12.1 Å². The van der Waals surface area contributed by atoms with Gasteiger partial charge in [0, 0.05) is 12.4 Å². The van der Waals surface area contributed by atoms with Crippen molar-refractivity contribution < 1.29 is 0 Å². The molecule has 0 aliphatic heterocycles. The molecule has 0 atom stereocenters. The first-order chi connectivity index (χ1) is 9.83. The Morgan fingerprint density at radius 1 is 0.850 bits per heavy atom. The van der Waals surface area contributed by atoms with Gasteiger partial charge in [-0.15, -0.1) is 0 Å². The van der Waals surface area contributed by atoms with Crippen molar-refractivity contribution in [2.75, 3.05) is 0 Å². The standard InChI is InChI=1S/C15H11N5/c1-10-18-11-4-2-3-5-13(11)20(10)14-7-6-12-15(19-14)17-9-8-16-12/h2-9H,1H3. The van der Waals surface area contributed by atoms with Crippen LogP contribution >= 0.6 is 0 Å². The lowest BCUT2D eigenvalue weighted by Crippen LogP contribution is -2.01. The van der Waals surface area contributed by atoms with Crippen molar-refractivity contribution in [2.45, 2.75) is 6.92 Å². The molecule has 0 amide bonds. The number of imidazole rings is 1. The van der Waals surface area contributed by atoms with Crippen LogP contribution in [0.4, 0.5) is 0 Å². The summed E-state index contributed by atoms with van der Waals surface area (Å²) in [4.78, 5) is 17.6. The van der Waals surface area contributed by atoms with Crippen molar-refractivity contribution in [3.63, 3.8) is 0 Å². The largest absolute Gasteiger partial charge is 0.280 e. The summed E-state index contributed by atoms with van der Waals surface area (Å²) in [5, 5.41) is 0. The van der Waals surface area contributed by atoms with Gasteiger partial charge in [0.1, 0.15) is 17.2 Å². The molecule has 0 bridgehead atoms. The number of hydrogen-bond donors (Lipinski definition) is 0. The Balaban J connectivity index is 2.03. The maximum Gasteiger partial charge on any atom is 0.180 e. The molecule has 4 aromatic rings. The third-order valence-corrected chi connectivity index (χ3v) is 3.27. The molecule has 96 valence electrons. The van der Waals surface area contributed by atoms with Crippen LogP contribution < -0.4 is 0 Å². The maximum absolute atomic E-state index is 4.58. The fourth-order valence-corrected chi connectivity index (χ4v) is 2.40. The molecule has 0 radical (unpaired) electrons. The molecule has 3 aromatic heterocycles. The first kappa shape index (κ1) is 11.0. The maximum atomic E-state index is 4.58. The van der Waals surface area contributed by atoms with Crippen LogP contribution in [-0.4, -0.2) is 24.5 Å². The van der Waals surface area contributed by atoms with E-state index >= 15 is 0 Å². The Hall–Kier alpha value is -2.82. The third-order valence-electron chi connectivity index (χ3n) is 3.27. The molecule has 0 fully saturated rings. The number of rotatable bonds is 1. The highest BCUT2D eigenvalue weighted by Gasteiger charge is 2.10. The normalized spacial score (nSPS) is 11.2. The van der Waals surface area contributed by atoms with Gasteiger partial charge in [-0.05, 0) is 31.2 Å². The lowest BCUT2D eigenvalue weighted by Gasteiger charge is -2.06. The molecule has 0 saturated carbocycles. The SMILES string of the molecule is Cc1nc2ccccc2n1-c1ccc2nccnc2n1. The van der Waals surface area contributed by atoms with Gasteiger partial charge >= 0.3 is 0 Å². The average Bonchev–Trinajstić information content (AvgIpc) is 2.82. The second kappa shape index (κ2) is 4.09. The molecule has 3 heterocycles. The van der Waals surface area contributed by atoms with Gasteiger partial charge < -0.3 is 0 Å². The van der Waals surface area contributed by atoms with E-state index in [0.29, 0.717) is 5.65 Å². The van der Waals surface area contributed by atoms with E-state index in [1.165, 1.54) is 0 Å². The van der Waals surface area contributed by atoms with Gasteiger partial charge in [0.2, 0.25) is 0 Å². The van der Waals surface area contributed by atoms with Crippen molar-refractivity contribution >= 4 is 22.2 Å². The number of nitrogens with zero attached hydrogens (tertiary/aromatic N) is 5. The highest BCUT2D eigenvalue weighted by molar-refractivity contribution is 5.78. The van der Waals surface area contributed by atoms with Crippen LogP contribution in [0, 0.1) is 6.92 Å². The summed E-state index contributed by atoms with van der Waals surface area (Å²) in [6.07, 6.45) is 3.32. The minimum atomic E-state index is 0.641. The first-order valence-electron chi connectivity index (χ1n) is 6.35. The molecular weight excluding hydrogens is 250 g/mol. The minimum absolute atomic E-state index is 0.641.